The second kappa shape index (κ2) is 8.59. The number of nitrogens with zero attached hydrogens (tertiary/aromatic N) is 2. The van der Waals surface area contributed by atoms with Crippen LogP contribution >= 0.6 is 23.1 Å². The largest absolute Gasteiger partial charge is 0.441 e. The number of aromatic nitrogens is 2. The van der Waals surface area contributed by atoms with Crippen LogP contribution in [0.3, 0.4) is 0 Å². The van der Waals surface area contributed by atoms with Crippen molar-refractivity contribution in [2.24, 2.45) is 5.73 Å². The van der Waals surface area contributed by atoms with Crippen molar-refractivity contribution in [3.8, 4) is 0 Å². The first kappa shape index (κ1) is 21.0. The zero-order valence-electron chi connectivity index (χ0n) is 14.5. The molecule has 0 bridgehead atoms. The third-order valence-electron chi connectivity index (χ3n) is 3.90. The smallest absolute Gasteiger partial charge is 0.329 e. The molecule has 6 nitrogen and oxygen atoms in total. The van der Waals surface area contributed by atoms with Crippen LogP contribution in [0, 0.1) is 6.92 Å². The third-order valence-corrected chi connectivity index (χ3v) is 5.93. The van der Waals surface area contributed by atoms with E-state index in [1.165, 1.54) is 15.9 Å². The van der Waals surface area contributed by atoms with E-state index in [1.807, 2.05) is 0 Å². The lowest BCUT2D eigenvalue weighted by atomic mass is 10.2. The SMILES string of the molecule is CCn1c(=O)c2c(C)c(CNCCN)sc2n(CCSC(F)(F)F)c1=O. The van der Waals surface area contributed by atoms with E-state index in [1.54, 1.807) is 13.8 Å². The first-order chi connectivity index (χ1) is 12.2. The summed E-state index contributed by atoms with van der Waals surface area (Å²) in [6, 6.07) is 0. The highest BCUT2D eigenvalue weighted by Crippen LogP contribution is 2.31. The van der Waals surface area contributed by atoms with Gasteiger partial charge < -0.3 is 11.1 Å². The molecule has 2 aromatic heterocycles. The minimum atomic E-state index is -4.36. The van der Waals surface area contributed by atoms with Crippen LogP contribution in [0.4, 0.5) is 13.2 Å². The molecule has 0 aliphatic carbocycles. The number of nitrogens with two attached hydrogens (primary N) is 1. The Morgan fingerprint density at radius 3 is 2.54 bits per heavy atom. The van der Waals surface area contributed by atoms with Gasteiger partial charge in [-0.3, -0.25) is 13.9 Å². The Kier molecular flexibility index (Phi) is 6.94. The molecule has 0 aromatic carbocycles. The molecule has 3 N–H and O–H groups in total. The Morgan fingerprint density at radius 2 is 1.96 bits per heavy atom. The summed E-state index contributed by atoms with van der Waals surface area (Å²) in [5, 5.41) is 3.54. The molecule has 0 unspecified atom stereocenters. The molecule has 0 saturated heterocycles. The lowest BCUT2D eigenvalue weighted by Gasteiger charge is -2.11. The van der Waals surface area contributed by atoms with E-state index >= 15 is 0 Å². The lowest BCUT2D eigenvalue weighted by Crippen LogP contribution is -2.39. The van der Waals surface area contributed by atoms with Gasteiger partial charge in [0.1, 0.15) is 4.83 Å². The number of hydrogen-bond donors (Lipinski definition) is 2. The molecule has 146 valence electrons. The molecule has 0 saturated carbocycles. The number of thiophene rings is 1. The second-order valence-electron chi connectivity index (χ2n) is 5.57. The summed E-state index contributed by atoms with van der Waals surface area (Å²) in [7, 11) is 0. The predicted molar refractivity (Wildman–Crippen MR) is 100 cm³/mol. The maximum absolute atomic E-state index is 12.7. The maximum atomic E-state index is 12.7. The molecular weight excluding hydrogens is 389 g/mol. The fraction of sp³-hybridized carbons (Fsp3) is 0.600. The first-order valence-corrected chi connectivity index (χ1v) is 9.88. The maximum Gasteiger partial charge on any atom is 0.441 e. The Bertz CT molecular complexity index is 886. The van der Waals surface area contributed by atoms with Crippen LogP contribution in [-0.4, -0.2) is 33.5 Å². The minimum absolute atomic E-state index is 0.116. The van der Waals surface area contributed by atoms with Crippen LogP contribution in [-0.2, 0) is 19.6 Å². The van der Waals surface area contributed by atoms with Crippen LogP contribution in [0.2, 0.25) is 0 Å². The van der Waals surface area contributed by atoms with Gasteiger partial charge in [-0.2, -0.15) is 13.2 Å². The summed E-state index contributed by atoms with van der Waals surface area (Å²) in [5.74, 6) is -0.294. The number of thioether (sulfide) groups is 1. The topological polar surface area (TPSA) is 82.0 Å². The van der Waals surface area contributed by atoms with Gasteiger partial charge in [-0.25, -0.2) is 4.79 Å². The number of alkyl halides is 3. The highest BCUT2D eigenvalue weighted by Gasteiger charge is 2.28. The average Bonchev–Trinajstić information content (AvgIpc) is 2.87. The summed E-state index contributed by atoms with van der Waals surface area (Å²) in [6.45, 7) is 5.05. The van der Waals surface area contributed by atoms with Crippen molar-refractivity contribution < 1.29 is 13.2 Å². The lowest BCUT2D eigenvalue weighted by molar-refractivity contribution is -0.0328. The molecule has 11 heteroatoms. The molecule has 0 radical (unpaired) electrons. The number of fused-ring (bicyclic) bond motifs is 1. The highest BCUT2D eigenvalue weighted by molar-refractivity contribution is 8.00. The molecule has 0 aliphatic heterocycles. The number of halogens is 3. The Hall–Kier alpha value is -1.30. The van der Waals surface area contributed by atoms with Gasteiger partial charge in [-0.1, -0.05) is 0 Å². The van der Waals surface area contributed by atoms with E-state index in [-0.39, 0.29) is 30.6 Å². The van der Waals surface area contributed by atoms with E-state index < -0.39 is 16.8 Å². The van der Waals surface area contributed by atoms with Gasteiger partial charge in [0, 0.05) is 43.4 Å². The molecule has 0 atom stereocenters. The predicted octanol–water partition coefficient (Wildman–Crippen LogP) is 1.85. The molecule has 2 heterocycles. The molecular formula is C15H21F3N4O2S2. The van der Waals surface area contributed by atoms with Crippen molar-refractivity contribution >= 4 is 33.3 Å². The Labute approximate surface area is 156 Å². The summed E-state index contributed by atoms with van der Waals surface area (Å²) >= 11 is 1.08. The van der Waals surface area contributed by atoms with Crippen LogP contribution in [0.15, 0.2) is 9.59 Å². The molecule has 0 spiro atoms. The fourth-order valence-corrected chi connectivity index (χ4v) is 4.43. The van der Waals surface area contributed by atoms with Crippen LogP contribution < -0.4 is 22.3 Å². The summed E-state index contributed by atoms with van der Waals surface area (Å²) in [6.07, 6.45) is 0. The molecule has 0 aliphatic rings. The van der Waals surface area contributed by atoms with Gasteiger partial charge in [0.25, 0.3) is 5.56 Å². The van der Waals surface area contributed by atoms with Gasteiger partial charge in [0.15, 0.2) is 0 Å². The van der Waals surface area contributed by atoms with Crippen molar-refractivity contribution in [2.45, 2.75) is 39.0 Å². The fourth-order valence-electron chi connectivity index (χ4n) is 2.64. The Morgan fingerprint density at radius 1 is 1.27 bits per heavy atom. The van der Waals surface area contributed by atoms with Gasteiger partial charge in [-0.15, -0.1) is 11.3 Å². The minimum Gasteiger partial charge on any atom is -0.329 e. The number of rotatable bonds is 8. The molecule has 2 aromatic rings. The molecule has 0 amide bonds. The zero-order valence-corrected chi connectivity index (χ0v) is 16.1. The van der Waals surface area contributed by atoms with Gasteiger partial charge >= 0.3 is 11.2 Å². The molecule has 2 rings (SSSR count). The summed E-state index contributed by atoms with van der Waals surface area (Å²) in [5.41, 5.74) is 0.871. The molecule has 0 fully saturated rings. The number of hydrogen-bond acceptors (Lipinski definition) is 6. The van der Waals surface area contributed by atoms with Crippen molar-refractivity contribution in [1.82, 2.24) is 14.5 Å². The van der Waals surface area contributed by atoms with Crippen LogP contribution in [0.25, 0.3) is 10.2 Å². The average molecular weight is 410 g/mol. The van der Waals surface area contributed by atoms with Gasteiger partial charge in [0.05, 0.1) is 5.39 Å². The van der Waals surface area contributed by atoms with E-state index in [0.717, 1.165) is 15.0 Å². The third kappa shape index (κ3) is 4.51. The standard InChI is InChI=1S/C15H21F3N4O2S2/c1-3-21-12(23)11-9(2)10(8-20-5-4-19)26-13(11)22(14(21)24)6-7-25-15(16,17)18/h20H,3-8,19H2,1-2H3. The summed E-state index contributed by atoms with van der Waals surface area (Å²) in [4.78, 5) is 26.5. The van der Waals surface area contributed by atoms with Gasteiger partial charge in [0.2, 0.25) is 0 Å². The monoisotopic (exact) mass is 410 g/mol. The quantitative estimate of drug-likeness (QED) is 0.649. The Balaban J connectivity index is 2.53. The van der Waals surface area contributed by atoms with E-state index in [2.05, 4.69) is 5.32 Å². The normalized spacial score (nSPS) is 12.2. The van der Waals surface area contributed by atoms with Crippen molar-refractivity contribution in [3.63, 3.8) is 0 Å². The zero-order chi connectivity index (χ0) is 19.5. The van der Waals surface area contributed by atoms with Crippen molar-refractivity contribution in [2.75, 3.05) is 18.8 Å². The van der Waals surface area contributed by atoms with Gasteiger partial charge in [-0.05, 0) is 31.2 Å². The highest BCUT2D eigenvalue weighted by atomic mass is 32.2. The number of nitrogens with one attached hydrogen (secondary N) is 1. The summed E-state index contributed by atoms with van der Waals surface area (Å²) < 4.78 is 39.6. The van der Waals surface area contributed by atoms with E-state index in [4.69, 9.17) is 5.73 Å². The van der Waals surface area contributed by atoms with E-state index in [0.29, 0.717) is 29.9 Å². The van der Waals surface area contributed by atoms with Crippen LogP contribution in [0.1, 0.15) is 17.4 Å². The second-order valence-corrected chi connectivity index (χ2v) is 7.82. The van der Waals surface area contributed by atoms with Crippen molar-refractivity contribution in [1.29, 1.82) is 0 Å². The van der Waals surface area contributed by atoms with Crippen LogP contribution in [0.5, 0.6) is 0 Å². The first-order valence-electron chi connectivity index (χ1n) is 8.08. The molecule has 26 heavy (non-hydrogen) atoms. The van der Waals surface area contributed by atoms with Crippen molar-refractivity contribution in [3.05, 3.63) is 31.3 Å². The number of aryl methyl sites for hydroxylation is 2. The van der Waals surface area contributed by atoms with E-state index in [9.17, 15) is 22.8 Å².